The van der Waals surface area contributed by atoms with Crippen molar-refractivity contribution in [2.75, 3.05) is 11.9 Å². The van der Waals surface area contributed by atoms with E-state index in [4.69, 9.17) is 5.11 Å². The van der Waals surface area contributed by atoms with Crippen molar-refractivity contribution in [2.24, 2.45) is 0 Å². The predicted octanol–water partition coefficient (Wildman–Crippen LogP) is 2.41. The Morgan fingerprint density at radius 2 is 2.11 bits per heavy atom. The summed E-state index contributed by atoms with van der Waals surface area (Å²) >= 11 is 1.02. The van der Waals surface area contributed by atoms with Crippen LogP contribution < -0.4 is 5.32 Å². The number of hydrogen-bond donors (Lipinski definition) is 2. The minimum Gasteiger partial charge on any atom is -0.508 e. The molecule has 2 N–H and O–H groups in total. The van der Waals surface area contributed by atoms with E-state index < -0.39 is 4.92 Å². The summed E-state index contributed by atoms with van der Waals surface area (Å²) in [4.78, 5) is 13.9. The van der Waals surface area contributed by atoms with E-state index in [0.29, 0.717) is 11.7 Å². The number of aromatic nitrogens is 1. The summed E-state index contributed by atoms with van der Waals surface area (Å²) < 4.78 is 0. The number of nitrogens with one attached hydrogen (secondary N) is 1. The molecule has 0 aliphatic carbocycles. The molecule has 2 aromatic rings. The molecule has 0 aliphatic heterocycles. The van der Waals surface area contributed by atoms with Crippen LogP contribution in [0.3, 0.4) is 0 Å². The van der Waals surface area contributed by atoms with Gasteiger partial charge in [-0.1, -0.05) is 12.1 Å². The summed E-state index contributed by atoms with van der Waals surface area (Å²) in [5, 5.41) is 23.2. The SMILES string of the molecule is O=[N+]([O-])c1cnc(NCCc2ccc(O)cc2)s1. The van der Waals surface area contributed by atoms with Crippen LogP contribution in [0.5, 0.6) is 5.75 Å². The Hall–Kier alpha value is -2.15. The molecule has 94 valence electrons. The Balaban J connectivity index is 1.84. The summed E-state index contributed by atoms with van der Waals surface area (Å²) in [5.74, 6) is 0.238. The molecule has 1 aromatic carbocycles. The van der Waals surface area contributed by atoms with E-state index in [9.17, 15) is 10.1 Å². The molecule has 0 bridgehead atoms. The molecule has 0 saturated heterocycles. The fourth-order valence-corrected chi connectivity index (χ4v) is 2.07. The number of anilines is 1. The Morgan fingerprint density at radius 1 is 1.39 bits per heavy atom. The third-order valence-corrected chi connectivity index (χ3v) is 3.21. The lowest BCUT2D eigenvalue weighted by molar-refractivity contribution is -0.380. The van der Waals surface area contributed by atoms with Crippen molar-refractivity contribution in [1.82, 2.24) is 4.98 Å². The Bertz CT molecular complexity index is 539. The van der Waals surface area contributed by atoms with Crippen molar-refractivity contribution < 1.29 is 10.0 Å². The minimum absolute atomic E-state index is 0.0298. The van der Waals surface area contributed by atoms with Crippen LogP contribution in [0, 0.1) is 10.1 Å². The number of rotatable bonds is 5. The first kappa shape index (κ1) is 12.3. The quantitative estimate of drug-likeness (QED) is 0.640. The number of nitro groups is 1. The predicted molar refractivity (Wildman–Crippen MR) is 69.1 cm³/mol. The van der Waals surface area contributed by atoms with Crippen molar-refractivity contribution in [3.8, 4) is 5.75 Å². The molecular weight excluding hydrogens is 254 g/mol. The lowest BCUT2D eigenvalue weighted by Gasteiger charge is -2.02. The molecule has 18 heavy (non-hydrogen) atoms. The minimum atomic E-state index is -0.456. The van der Waals surface area contributed by atoms with E-state index >= 15 is 0 Å². The molecule has 0 amide bonds. The van der Waals surface area contributed by atoms with E-state index in [0.717, 1.165) is 23.3 Å². The van der Waals surface area contributed by atoms with Gasteiger partial charge in [-0.15, -0.1) is 0 Å². The second kappa shape index (κ2) is 5.46. The van der Waals surface area contributed by atoms with Gasteiger partial charge in [0, 0.05) is 6.54 Å². The highest BCUT2D eigenvalue weighted by Gasteiger charge is 2.10. The Kier molecular flexibility index (Phi) is 3.73. The number of benzene rings is 1. The smallest absolute Gasteiger partial charge is 0.345 e. The molecule has 0 fully saturated rings. The highest BCUT2D eigenvalue weighted by Crippen LogP contribution is 2.24. The molecule has 1 aromatic heterocycles. The van der Waals surface area contributed by atoms with Crippen LogP contribution >= 0.6 is 11.3 Å². The third-order valence-electron chi connectivity index (χ3n) is 2.30. The summed E-state index contributed by atoms with van der Waals surface area (Å²) in [6, 6.07) is 6.93. The van der Waals surface area contributed by atoms with Crippen LogP contribution in [0.2, 0.25) is 0 Å². The second-order valence-corrected chi connectivity index (χ2v) is 4.61. The zero-order chi connectivity index (χ0) is 13.0. The number of thiazole rings is 1. The molecule has 0 spiro atoms. The van der Waals surface area contributed by atoms with Crippen LogP contribution in [0.25, 0.3) is 0 Å². The van der Waals surface area contributed by atoms with Gasteiger partial charge in [0.25, 0.3) is 0 Å². The van der Waals surface area contributed by atoms with Gasteiger partial charge in [-0.25, -0.2) is 4.98 Å². The van der Waals surface area contributed by atoms with Crippen LogP contribution in [-0.4, -0.2) is 21.6 Å². The molecule has 0 saturated carbocycles. The van der Waals surface area contributed by atoms with Crippen LogP contribution in [0.4, 0.5) is 10.1 Å². The lowest BCUT2D eigenvalue weighted by atomic mass is 10.1. The topological polar surface area (TPSA) is 88.3 Å². The molecule has 2 rings (SSSR count). The van der Waals surface area contributed by atoms with Crippen molar-refractivity contribution in [3.05, 3.63) is 46.1 Å². The second-order valence-electron chi connectivity index (χ2n) is 3.60. The highest BCUT2D eigenvalue weighted by atomic mass is 32.1. The van der Waals surface area contributed by atoms with E-state index in [2.05, 4.69) is 10.3 Å². The maximum Gasteiger partial charge on any atom is 0.345 e. The van der Waals surface area contributed by atoms with Gasteiger partial charge < -0.3 is 10.4 Å². The fraction of sp³-hybridized carbons (Fsp3) is 0.182. The van der Waals surface area contributed by atoms with Crippen LogP contribution in [-0.2, 0) is 6.42 Å². The standard InChI is InChI=1S/C11H11N3O3S/c15-9-3-1-8(2-4-9)5-6-12-11-13-7-10(18-11)14(16)17/h1-4,7,15H,5-6H2,(H,12,13). The van der Waals surface area contributed by atoms with Crippen molar-refractivity contribution >= 4 is 21.5 Å². The zero-order valence-corrected chi connectivity index (χ0v) is 10.2. The summed E-state index contributed by atoms with van der Waals surface area (Å²) in [5.41, 5.74) is 1.08. The Morgan fingerprint density at radius 3 is 2.72 bits per heavy atom. The van der Waals surface area contributed by atoms with Crippen molar-refractivity contribution in [1.29, 1.82) is 0 Å². The number of aromatic hydroxyl groups is 1. The van der Waals surface area contributed by atoms with Gasteiger partial charge in [-0.2, -0.15) is 0 Å². The highest BCUT2D eigenvalue weighted by molar-refractivity contribution is 7.18. The molecular formula is C11H11N3O3S. The van der Waals surface area contributed by atoms with E-state index in [-0.39, 0.29) is 10.8 Å². The molecule has 0 atom stereocenters. The van der Waals surface area contributed by atoms with Gasteiger partial charge >= 0.3 is 5.00 Å². The average molecular weight is 265 g/mol. The van der Waals surface area contributed by atoms with Gasteiger partial charge in [0.15, 0.2) is 5.13 Å². The molecule has 6 nitrogen and oxygen atoms in total. The van der Waals surface area contributed by atoms with Crippen molar-refractivity contribution in [3.63, 3.8) is 0 Å². The van der Waals surface area contributed by atoms with Gasteiger partial charge in [0.05, 0.1) is 4.92 Å². The first-order chi connectivity index (χ1) is 8.65. The van der Waals surface area contributed by atoms with Gasteiger partial charge in [0.2, 0.25) is 0 Å². The van der Waals surface area contributed by atoms with E-state index in [1.165, 1.54) is 6.20 Å². The molecule has 7 heteroatoms. The molecule has 0 unspecified atom stereocenters. The number of nitrogens with zero attached hydrogens (tertiary/aromatic N) is 2. The fourth-order valence-electron chi connectivity index (χ4n) is 1.41. The summed E-state index contributed by atoms with van der Waals surface area (Å²) in [6.07, 6.45) is 2.00. The number of phenolic OH excluding ortho intramolecular Hbond substituents is 1. The summed E-state index contributed by atoms with van der Waals surface area (Å²) in [7, 11) is 0. The number of phenols is 1. The zero-order valence-electron chi connectivity index (χ0n) is 9.37. The first-order valence-corrected chi connectivity index (χ1v) is 6.09. The number of hydrogen-bond acceptors (Lipinski definition) is 6. The van der Waals surface area contributed by atoms with Crippen LogP contribution in [0.15, 0.2) is 30.5 Å². The Labute approximate surface area is 107 Å². The molecule has 0 radical (unpaired) electrons. The normalized spacial score (nSPS) is 10.2. The monoisotopic (exact) mass is 265 g/mol. The maximum atomic E-state index is 10.5. The van der Waals surface area contributed by atoms with E-state index in [1.807, 2.05) is 12.1 Å². The van der Waals surface area contributed by atoms with Gasteiger partial charge in [0.1, 0.15) is 11.9 Å². The third kappa shape index (κ3) is 3.17. The van der Waals surface area contributed by atoms with E-state index in [1.54, 1.807) is 12.1 Å². The molecule has 1 heterocycles. The average Bonchev–Trinajstić information content (AvgIpc) is 2.81. The largest absolute Gasteiger partial charge is 0.508 e. The van der Waals surface area contributed by atoms with Gasteiger partial charge in [-0.3, -0.25) is 10.1 Å². The first-order valence-electron chi connectivity index (χ1n) is 5.27. The van der Waals surface area contributed by atoms with Gasteiger partial charge in [-0.05, 0) is 35.5 Å². The summed E-state index contributed by atoms with van der Waals surface area (Å²) in [6.45, 7) is 0.634. The van der Waals surface area contributed by atoms with Crippen molar-refractivity contribution in [2.45, 2.75) is 6.42 Å². The van der Waals surface area contributed by atoms with Crippen LogP contribution in [0.1, 0.15) is 5.56 Å². The molecule has 0 aliphatic rings. The maximum absolute atomic E-state index is 10.5. The lowest BCUT2D eigenvalue weighted by Crippen LogP contribution is -2.04.